The van der Waals surface area contributed by atoms with Crippen molar-refractivity contribution in [3.05, 3.63) is 0 Å². The zero-order chi connectivity index (χ0) is 30.6. The number of hydrogen-bond acceptors (Lipinski definition) is 9. The van der Waals surface area contributed by atoms with E-state index < -0.39 is 30.6 Å². The van der Waals surface area contributed by atoms with E-state index in [0.29, 0.717) is 58.2 Å². The lowest BCUT2D eigenvalue weighted by Crippen LogP contribution is -2.36. The second-order valence-electron chi connectivity index (χ2n) is 10.7. The number of esters is 4. The summed E-state index contributed by atoms with van der Waals surface area (Å²) < 4.78 is 21.2. The van der Waals surface area contributed by atoms with Crippen LogP contribution in [0.4, 0.5) is 0 Å². The van der Waals surface area contributed by atoms with Crippen molar-refractivity contribution in [2.24, 2.45) is 5.92 Å². The molecule has 41 heavy (non-hydrogen) atoms. The van der Waals surface area contributed by atoms with Crippen molar-refractivity contribution in [1.82, 2.24) is 0 Å². The van der Waals surface area contributed by atoms with Crippen LogP contribution >= 0.6 is 0 Å². The average Bonchev–Trinajstić information content (AvgIpc) is 2.96. The average molecular weight is 587 g/mol. The minimum absolute atomic E-state index is 0.165. The number of rotatable bonds is 28. The van der Waals surface area contributed by atoms with E-state index in [-0.39, 0.29) is 31.4 Å². The molecule has 240 valence electrons. The molecule has 0 aliphatic carbocycles. The van der Waals surface area contributed by atoms with E-state index in [1.54, 1.807) is 0 Å². The van der Waals surface area contributed by atoms with Crippen molar-refractivity contribution in [2.75, 3.05) is 26.4 Å². The van der Waals surface area contributed by atoms with Crippen molar-refractivity contribution in [3.63, 3.8) is 0 Å². The van der Waals surface area contributed by atoms with Gasteiger partial charge in [-0.2, -0.15) is 0 Å². The normalized spacial score (nSPS) is 12.4. The van der Waals surface area contributed by atoms with E-state index in [0.717, 1.165) is 32.1 Å². The predicted molar refractivity (Wildman–Crippen MR) is 158 cm³/mol. The van der Waals surface area contributed by atoms with Gasteiger partial charge in [0.25, 0.3) is 0 Å². The summed E-state index contributed by atoms with van der Waals surface area (Å²) in [4.78, 5) is 48.7. The minimum atomic E-state index is -0.968. The highest BCUT2D eigenvalue weighted by atomic mass is 16.6. The van der Waals surface area contributed by atoms with Gasteiger partial charge in [0, 0.05) is 19.3 Å². The standard InChI is InChI=1S/C32H58O9/c1-4-7-8-9-10-13-18-25-39-30(35)20-14-11-12-15-22-31(36)41-28(27(26-33)32(37)40-24-6-3)19-16-17-21-29(34)38-23-5-2/h27-28,33H,4-26H2,1-3H3. The van der Waals surface area contributed by atoms with Crippen molar-refractivity contribution >= 4 is 23.9 Å². The highest BCUT2D eigenvalue weighted by Crippen LogP contribution is 2.20. The van der Waals surface area contributed by atoms with E-state index in [9.17, 15) is 24.3 Å². The van der Waals surface area contributed by atoms with Gasteiger partial charge < -0.3 is 24.1 Å². The van der Waals surface area contributed by atoms with Gasteiger partial charge in [-0.1, -0.05) is 72.1 Å². The third-order valence-electron chi connectivity index (χ3n) is 6.79. The van der Waals surface area contributed by atoms with Gasteiger partial charge in [-0.3, -0.25) is 19.2 Å². The maximum absolute atomic E-state index is 12.6. The summed E-state index contributed by atoms with van der Waals surface area (Å²) in [7, 11) is 0. The molecule has 0 saturated heterocycles. The Morgan fingerprint density at radius 2 is 1.02 bits per heavy atom. The molecule has 1 N–H and O–H groups in total. The van der Waals surface area contributed by atoms with Gasteiger partial charge in [0.2, 0.25) is 0 Å². The molecule has 0 aromatic rings. The maximum Gasteiger partial charge on any atom is 0.315 e. The third kappa shape index (κ3) is 23.1. The highest BCUT2D eigenvalue weighted by Gasteiger charge is 2.32. The van der Waals surface area contributed by atoms with E-state index in [1.165, 1.54) is 32.1 Å². The lowest BCUT2D eigenvalue weighted by molar-refractivity contribution is -0.165. The molecular formula is C32H58O9. The first-order valence-corrected chi connectivity index (χ1v) is 16.2. The molecule has 0 amide bonds. The van der Waals surface area contributed by atoms with E-state index >= 15 is 0 Å². The SMILES string of the molecule is CCCCCCCCCOC(=O)CCCCCCC(=O)OC(CCCCC(=O)OCCC)C(CO)C(=O)OCCC. The fourth-order valence-corrected chi connectivity index (χ4v) is 4.34. The molecule has 0 radical (unpaired) electrons. The largest absolute Gasteiger partial charge is 0.466 e. The molecule has 0 heterocycles. The van der Waals surface area contributed by atoms with Crippen LogP contribution in [-0.2, 0) is 38.1 Å². The summed E-state index contributed by atoms with van der Waals surface area (Å²) in [5.41, 5.74) is 0. The van der Waals surface area contributed by atoms with Gasteiger partial charge in [-0.15, -0.1) is 0 Å². The van der Waals surface area contributed by atoms with Gasteiger partial charge in [0.15, 0.2) is 0 Å². The molecule has 0 aromatic carbocycles. The Labute approximate surface area is 248 Å². The molecular weight excluding hydrogens is 528 g/mol. The first-order chi connectivity index (χ1) is 19.9. The maximum atomic E-state index is 12.6. The monoisotopic (exact) mass is 586 g/mol. The molecule has 0 aliphatic heterocycles. The van der Waals surface area contributed by atoms with Crippen molar-refractivity contribution in [1.29, 1.82) is 0 Å². The Kier molecular flexibility index (Phi) is 26.5. The number of carbonyl (C=O) groups is 4. The Balaban J connectivity index is 4.32. The number of hydrogen-bond donors (Lipinski definition) is 1. The van der Waals surface area contributed by atoms with Crippen LogP contribution in [0, 0.1) is 5.92 Å². The molecule has 0 fully saturated rings. The lowest BCUT2D eigenvalue weighted by atomic mass is 9.97. The summed E-state index contributed by atoms with van der Waals surface area (Å²) in [6.45, 7) is 6.61. The van der Waals surface area contributed by atoms with Gasteiger partial charge in [0.1, 0.15) is 12.0 Å². The van der Waals surface area contributed by atoms with Gasteiger partial charge in [-0.25, -0.2) is 0 Å². The second kappa shape index (κ2) is 28.0. The summed E-state index contributed by atoms with van der Waals surface area (Å²) >= 11 is 0. The molecule has 0 bridgehead atoms. The van der Waals surface area contributed by atoms with E-state index in [4.69, 9.17) is 18.9 Å². The molecule has 0 aromatic heterocycles. The zero-order valence-corrected chi connectivity index (χ0v) is 26.1. The molecule has 0 spiro atoms. The smallest absolute Gasteiger partial charge is 0.315 e. The summed E-state index contributed by atoms with van der Waals surface area (Å²) in [6.07, 6.45) is 13.9. The fraction of sp³-hybridized carbons (Fsp3) is 0.875. The van der Waals surface area contributed by atoms with Crippen molar-refractivity contribution in [3.8, 4) is 0 Å². The zero-order valence-electron chi connectivity index (χ0n) is 26.1. The summed E-state index contributed by atoms with van der Waals surface area (Å²) in [6, 6.07) is 0. The van der Waals surface area contributed by atoms with Crippen molar-refractivity contribution < 1.29 is 43.2 Å². The predicted octanol–water partition coefficient (Wildman–Crippen LogP) is 6.61. The molecule has 9 heteroatoms. The molecule has 9 nitrogen and oxygen atoms in total. The molecule has 2 unspecified atom stereocenters. The number of unbranched alkanes of at least 4 members (excludes halogenated alkanes) is 10. The van der Waals surface area contributed by atoms with Crippen LogP contribution in [0.3, 0.4) is 0 Å². The third-order valence-corrected chi connectivity index (χ3v) is 6.79. The molecule has 0 rings (SSSR count). The van der Waals surface area contributed by atoms with Crippen LogP contribution in [0.25, 0.3) is 0 Å². The van der Waals surface area contributed by atoms with Gasteiger partial charge >= 0.3 is 23.9 Å². The Bertz CT molecular complexity index is 680. The summed E-state index contributed by atoms with van der Waals surface area (Å²) in [5.74, 6) is -2.43. The summed E-state index contributed by atoms with van der Waals surface area (Å²) in [5, 5.41) is 9.86. The van der Waals surface area contributed by atoms with Crippen LogP contribution in [-0.4, -0.2) is 61.5 Å². The topological polar surface area (TPSA) is 125 Å². The van der Waals surface area contributed by atoms with Crippen LogP contribution < -0.4 is 0 Å². The highest BCUT2D eigenvalue weighted by molar-refractivity contribution is 5.75. The Morgan fingerprint density at radius 3 is 1.61 bits per heavy atom. The quantitative estimate of drug-likeness (QED) is 0.0612. The van der Waals surface area contributed by atoms with E-state index in [2.05, 4.69) is 6.92 Å². The van der Waals surface area contributed by atoms with Crippen LogP contribution in [0.2, 0.25) is 0 Å². The molecule has 0 saturated carbocycles. The first-order valence-electron chi connectivity index (χ1n) is 16.2. The van der Waals surface area contributed by atoms with Gasteiger partial charge in [0.05, 0.1) is 26.4 Å². The van der Waals surface area contributed by atoms with E-state index in [1.807, 2.05) is 13.8 Å². The number of aliphatic hydroxyl groups excluding tert-OH is 1. The first kappa shape index (κ1) is 38.8. The number of aliphatic hydroxyl groups is 1. The Hall–Kier alpha value is -2.16. The molecule has 2 atom stereocenters. The van der Waals surface area contributed by atoms with Crippen LogP contribution in [0.5, 0.6) is 0 Å². The number of ether oxygens (including phenoxy) is 4. The van der Waals surface area contributed by atoms with Crippen LogP contribution in [0.15, 0.2) is 0 Å². The van der Waals surface area contributed by atoms with Crippen molar-refractivity contribution in [2.45, 2.75) is 149 Å². The minimum Gasteiger partial charge on any atom is -0.466 e. The number of carbonyl (C=O) groups excluding carboxylic acids is 4. The molecule has 0 aliphatic rings. The van der Waals surface area contributed by atoms with Gasteiger partial charge in [-0.05, 0) is 51.4 Å². The fourth-order valence-electron chi connectivity index (χ4n) is 4.34. The van der Waals surface area contributed by atoms with Crippen LogP contribution in [0.1, 0.15) is 143 Å². The lowest BCUT2D eigenvalue weighted by Gasteiger charge is -2.24. The second-order valence-corrected chi connectivity index (χ2v) is 10.7. The Morgan fingerprint density at radius 1 is 0.537 bits per heavy atom.